The number of anilines is 4. The molecule has 0 bridgehead atoms. The number of morpholine rings is 1. The number of hydrogen-bond donors (Lipinski definition) is 2. The summed E-state index contributed by atoms with van der Waals surface area (Å²) in [5.74, 6) is 0.734. The van der Waals surface area contributed by atoms with Crippen LogP contribution in [0.5, 0.6) is 11.5 Å². The number of benzene rings is 6. The maximum absolute atomic E-state index is 16.1. The van der Waals surface area contributed by atoms with Crippen molar-refractivity contribution in [1.82, 2.24) is 19.8 Å². The molecule has 0 aliphatic carbocycles. The van der Waals surface area contributed by atoms with E-state index in [1.165, 1.54) is 29.3 Å². The van der Waals surface area contributed by atoms with Crippen LogP contribution < -0.4 is 30.1 Å². The van der Waals surface area contributed by atoms with Crippen molar-refractivity contribution in [2.24, 2.45) is 0 Å². The van der Waals surface area contributed by atoms with Crippen LogP contribution in [0, 0.1) is 0 Å². The van der Waals surface area contributed by atoms with Crippen LogP contribution in [-0.2, 0) is 33.4 Å². The van der Waals surface area contributed by atoms with Crippen LogP contribution >= 0.6 is 0 Å². The normalized spacial score (nSPS) is 17.1. The molecule has 4 amide bonds. The van der Waals surface area contributed by atoms with Gasteiger partial charge in [-0.05, 0) is 119 Å². The molecule has 2 aliphatic rings. The number of carbonyl (C=O) groups is 2. The van der Waals surface area contributed by atoms with Crippen molar-refractivity contribution < 1.29 is 28.5 Å². The standard InChI is InChI=1S/C69H80N8O6/c1-45-17-16-18-46(2)75(45)42-52-28-24-48(40-71-52)55-30-32-61(59-22-15-13-20-57(55)59)73-67(79)77(63-38-50(69(6,7)8)26-34-65(63)82-11)76(62-37-49(68(3,4)5)25-33-64(62)81-10)66(78)72-60-31-29-54(56-19-12-14-21-58(56)60)47-23-27-51(70-39-47)41-74-35-36-83-53(43-74)44-80-9/h12-15,19-34,37-40,45-46,53H,16-18,35-36,41-44H2,1-11H3,(H,72,78)(H,73,79). The Morgan fingerprint density at radius 3 is 1.51 bits per heavy atom. The summed E-state index contributed by atoms with van der Waals surface area (Å²) in [6, 6.07) is 43.6. The molecule has 2 saturated heterocycles. The molecule has 3 unspecified atom stereocenters. The molecule has 0 radical (unpaired) electrons. The molecule has 2 N–H and O–H groups in total. The van der Waals surface area contributed by atoms with Crippen LogP contribution in [0.25, 0.3) is 43.8 Å². The summed E-state index contributed by atoms with van der Waals surface area (Å²) < 4.78 is 23.5. The number of hydrazine groups is 1. The zero-order valence-corrected chi connectivity index (χ0v) is 50.1. The first kappa shape index (κ1) is 58.3. The van der Waals surface area contributed by atoms with Gasteiger partial charge in [-0.3, -0.25) is 19.8 Å². The summed E-state index contributed by atoms with van der Waals surface area (Å²) in [7, 11) is 4.83. The number of rotatable bonds is 14. The molecule has 4 heterocycles. The predicted molar refractivity (Wildman–Crippen MR) is 336 cm³/mol. The number of methoxy groups -OCH3 is 3. The Morgan fingerprint density at radius 1 is 0.602 bits per heavy atom. The third kappa shape index (κ3) is 12.9. The Morgan fingerprint density at radius 2 is 1.07 bits per heavy atom. The highest BCUT2D eigenvalue weighted by atomic mass is 16.5. The molecular weight excluding hydrogens is 1040 g/mol. The molecule has 3 atom stereocenters. The smallest absolute Gasteiger partial charge is 0.346 e. The molecular formula is C69H80N8O6. The number of amides is 4. The Balaban J connectivity index is 1.05. The molecule has 14 nitrogen and oxygen atoms in total. The molecule has 2 fully saturated rings. The summed E-state index contributed by atoms with van der Waals surface area (Å²) >= 11 is 0. The van der Waals surface area contributed by atoms with Crippen molar-refractivity contribution in [2.45, 2.75) is 117 Å². The lowest BCUT2D eigenvalue weighted by Crippen LogP contribution is -2.54. The van der Waals surface area contributed by atoms with E-state index in [2.05, 4.69) is 106 Å². The fraction of sp³-hybridized carbons (Fsp3) is 0.362. The van der Waals surface area contributed by atoms with E-state index in [-0.39, 0.29) is 16.9 Å². The van der Waals surface area contributed by atoms with Crippen molar-refractivity contribution >= 4 is 56.4 Å². The lowest BCUT2D eigenvalue weighted by atomic mass is 9.86. The quantitative estimate of drug-likeness (QED) is 0.101. The highest BCUT2D eigenvalue weighted by Crippen LogP contribution is 2.43. The number of carbonyl (C=O) groups excluding carboxylic acids is 2. The minimum absolute atomic E-state index is 0.0311. The second-order valence-electron chi connectivity index (χ2n) is 24.2. The minimum atomic E-state index is -0.632. The van der Waals surface area contributed by atoms with Gasteiger partial charge in [0.15, 0.2) is 0 Å². The molecule has 0 spiro atoms. The van der Waals surface area contributed by atoms with Crippen molar-refractivity contribution in [3.05, 3.63) is 168 Å². The molecule has 2 aliphatic heterocycles. The van der Waals surface area contributed by atoms with Gasteiger partial charge in [0.25, 0.3) is 0 Å². The van der Waals surface area contributed by atoms with Crippen molar-refractivity contribution in [2.75, 3.05) is 68.3 Å². The number of pyridine rings is 2. The van der Waals surface area contributed by atoms with E-state index in [0.717, 1.165) is 85.9 Å². The average molecular weight is 1120 g/mol. The van der Waals surface area contributed by atoms with Crippen LogP contribution in [0.4, 0.5) is 32.3 Å². The first-order valence-corrected chi connectivity index (χ1v) is 29.0. The largest absolute Gasteiger partial charge is 0.494 e. The first-order valence-electron chi connectivity index (χ1n) is 29.0. The van der Waals surface area contributed by atoms with Gasteiger partial charge in [0.2, 0.25) is 0 Å². The second kappa shape index (κ2) is 24.9. The molecule has 10 rings (SSSR count). The van der Waals surface area contributed by atoms with Crippen LogP contribution in [0.1, 0.15) is 97.2 Å². The van der Waals surface area contributed by atoms with Crippen molar-refractivity contribution in [1.29, 1.82) is 0 Å². The van der Waals surface area contributed by atoms with Crippen LogP contribution in [-0.4, -0.2) is 97.7 Å². The molecule has 2 aromatic heterocycles. The lowest BCUT2D eigenvalue weighted by molar-refractivity contribution is -0.0633. The number of urea groups is 2. The van der Waals surface area contributed by atoms with E-state index in [0.29, 0.717) is 66.1 Å². The Bertz CT molecular complexity index is 3580. The number of nitrogens with one attached hydrogen (secondary N) is 2. The number of ether oxygens (including phenoxy) is 4. The van der Waals surface area contributed by atoms with Gasteiger partial charge < -0.3 is 29.6 Å². The molecule has 14 heteroatoms. The third-order valence-electron chi connectivity index (χ3n) is 16.4. The van der Waals surface area contributed by atoms with Gasteiger partial charge in [-0.2, -0.15) is 10.0 Å². The summed E-state index contributed by atoms with van der Waals surface area (Å²) in [6.07, 6.45) is 7.56. The van der Waals surface area contributed by atoms with Gasteiger partial charge in [0.05, 0.1) is 56.3 Å². The topological polar surface area (TPSA) is 134 Å². The predicted octanol–water partition coefficient (Wildman–Crippen LogP) is 15.0. The van der Waals surface area contributed by atoms with Gasteiger partial charge in [-0.15, -0.1) is 0 Å². The zero-order valence-electron chi connectivity index (χ0n) is 50.1. The van der Waals surface area contributed by atoms with E-state index in [1.807, 2.05) is 116 Å². The van der Waals surface area contributed by atoms with Crippen LogP contribution in [0.15, 0.2) is 146 Å². The number of likely N-dealkylation sites (tertiary alicyclic amines) is 1. The number of nitrogens with zero attached hydrogens (tertiary/aromatic N) is 6. The zero-order chi connectivity index (χ0) is 58.6. The van der Waals surface area contributed by atoms with Crippen LogP contribution in [0.3, 0.4) is 0 Å². The van der Waals surface area contributed by atoms with Crippen molar-refractivity contribution in [3.63, 3.8) is 0 Å². The van der Waals surface area contributed by atoms with Gasteiger partial charge in [0, 0.05) is 79.7 Å². The van der Waals surface area contributed by atoms with Crippen LogP contribution in [0.2, 0.25) is 0 Å². The maximum atomic E-state index is 16.1. The second-order valence-corrected chi connectivity index (χ2v) is 24.2. The van der Waals surface area contributed by atoms with E-state index >= 15 is 9.59 Å². The lowest BCUT2D eigenvalue weighted by Gasteiger charge is -2.38. The summed E-state index contributed by atoms with van der Waals surface area (Å²) in [5.41, 5.74) is 8.65. The average Bonchev–Trinajstić information content (AvgIpc) is 3.61. The molecule has 8 aromatic rings. The number of aromatic nitrogens is 2. The Hall–Kier alpha value is -7.88. The summed E-state index contributed by atoms with van der Waals surface area (Å²) in [4.78, 5) is 47.0. The highest BCUT2D eigenvalue weighted by molar-refractivity contribution is 6.18. The van der Waals surface area contributed by atoms with Crippen molar-refractivity contribution in [3.8, 4) is 33.8 Å². The fourth-order valence-corrected chi connectivity index (χ4v) is 11.7. The molecule has 83 heavy (non-hydrogen) atoms. The van der Waals surface area contributed by atoms with Gasteiger partial charge in [-0.25, -0.2) is 9.59 Å². The highest BCUT2D eigenvalue weighted by Gasteiger charge is 2.37. The minimum Gasteiger partial charge on any atom is -0.494 e. The van der Waals surface area contributed by atoms with Gasteiger partial charge in [-0.1, -0.05) is 133 Å². The SMILES string of the molecule is COCC1CN(Cc2ccc(-c3ccc(NC(=O)N(c4cc(C(C)(C)C)ccc4OC)N(C(=O)Nc4ccc(-c5ccc(CN6C(C)CCCC6C)nc5)c5ccccc45)c4cc(C(C)(C)C)ccc4OC)c4ccccc34)cn2)CCO1. The van der Waals surface area contributed by atoms with Gasteiger partial charge in [0.1, 0.15) is 22.9 Å². The number of fused-ring (bicyclic) bond motifs is 2. The van der Waals surface area contributed by atoms with E-state index in [1.54, 1.807) is 21.3 Å². The molecule has 0 saturated carbocycles. The Labute approximate surface area is 489 Å². The molecule has 432 valence electrons. The maximum Gasteiger partial charge on any atom is 0.346 e. The monoisotopic (exact) mass is 1120 g/mol. The van der Waals surface area contributed by atoms with E-state index < -0.39 is 12.1 Å². The Kier molecular flexibility index (Phi) is 17.5. The first-order chi connectivity index (χ1) is 39.9. The van der Waals surface area contributed by atoms with E-state index in [9.17, 15) is 0 Å². The van der Waals surface area contributed by atoms with Gasteiger partial charge >= 0.3 is 12.1 Å². The number of piperidine rings is 1. The molecule has 6 aromatic carbocycles. The fourth-order valence-electron chi connectivity index (χ4n) is 11.7. The summed E-state index contributed by atoms with van der Waals surface area (Å²) in [6.45, 7) is 21.6. The third-order valence-corrected chi connectivity index (χ3v) is 16.4. The van der Waals surface area contributed by atoms with E-state index in [4.69, 9.17) is 28.9 Å². The number of hydrogen-bond acceptors (Lipinski definition) is 10. The summed E-state index contributed by atoms with van der Waals surface area (Å²) in [5, 5.41) is 12.8.